The van der Waals surface area contributed by atoms with Gasteiger partial charge < -0.3 is 5.32 Å². The van der Waals surface area contributed by atoms with E-state index in [-0.39, 0.29) is 0 Å². The third kappa shape index (κ3) is 5.36. The van der Waals surface area contributed by atoms with Gasteiger partial charge in [0.1, 0.15) is 0 Å². The second-order valence-electron chi connectivity index (χ2n) is 4.85. The summed E-state index contributed by atoms with van der Waals surface area (Å²) in [6, 6.07) is 0.730. The molecule has 1 unspecified atom stereocenters. The van der Waals surface area contributed by atoms with E-state index in [0.29, 0.717) is 0 Å². The third-order valence-corrected chi connectivity index (χ3v) is 3.61. The first kappa shape index (κ1) is 12.8. The van der Waals surface area contributed by atoms with Gasteiger partial charge in [0.05, 0.1) is 0 Å². The van der Waals surface area contributed by atoms with Crippen molar-refractivity contribution in [3.63, 3.8) is 0 Å². The maximum absolute atomic E-state index is 3.80. The minimum absolute atomic E-state index is 0.730. The van der Waals surface area contributed by atoms with Gasteiger partial charge in [0, 0.05) is 6.04 Å². The van der Waals surface area contributed by atoms with E-state index in [1.54, 1.807) is 0 Å². The molecule has 1 atom stereocenters. The van der Waals surface area contributed by atoms with Crippen LogP contribution in [0, 0.1) is 5.92 Å². The number of hydrogen-bond donors (Lipinski definition) is 1. The molecule has 0 aromatic carbocycles. The van der Waals surface area contributed by atoms with Crippen molar-refractivity contribution < 1.29 is 0 Å². The number of rotatable bonds is 8. The fraction of sp³-hybridized carbons (Fsp3) is 0.857. The van der Waals surface area contributed by atoms with E-state index in [2.05, 4.69) is 18.8 Å². The first-order valence-electron chi connectivity index (χ1n) is 6.71. The lowest BCUT2D eigenvalue weighted by Gasteiger charge is -2.19. The standard InChI is InChI=1S/C14H27N/c1-3-5-10-14(15-4-2)12-11-13-8-6-7-9-13/h3,13-15H,1,4-12H2,2H3. The highest BCUT2D eigenvalue weighted by Crippen LogP contribution is 2.29. The van der Waals surface area contributed by atoms with Crippen molar-refractivity contribution in [2.24, 2.45) is 5.92 Å². The Morgan fingerprint density at radius 3 is 2.67 bits per heavy atom. The molecule has 1 N–H and O–H groups in total. The summed E-state index contributed by atoms with van der Waals surface area (Å²) in [4.78, 5) is 0. The molecule has 0 aromatic heterocycles. The molecular formula is C14H27N. The summed E-state index contributed by atoms with van der Waals surface area (Å²) in [7, 11) is 0. The molecule has 0 aromatic rings. The van der Waals surface area contributed by atoms with Crippen molar-refractivity contribution in [3.05, 3.63) is 12.7 Å². The van der Waals surface area contributed by atoms with Gasteiger partial charge in [0.15, 0.2) is 0 Å². The molecule has 1 aliphatic carbocycles. The maximum Gasteiger partial charge on any atom is 0.00699 e. The fourth-order valence-corrected chi connectivity index (χ4v) is 2.69. The van der Waals surface area contributed by atoms with Gasteiger partial charge >= 0.3 is 0 Å². The summed E-state index contributed by atoms with van der Waals surface area (Å²) in [5.41, 5.74) is 0. The van der Waals surface area contributed by atoms with E-state index in [1.165, 1.54) is 44.9 Å². The van der Waals surface area contributed by atoms with Crippen LogP contribution >= 0.6 is 0 Å². The van der Waals surface area contributed by atoms with Crippen LogP contribution in [0.5, 0.6) is 0 Å². The highest BCUT2D eigenvalue weighted by molar-refractivity contribution is 4.76. The Labute approximate surface area is 95.3 Å². The molecule has 1 saturated carbocycles. The molecule has 1 fully saturated rings. The van der Waals surface area contributed by atoms with E-state index in [1.807, 2.05) is 6.08 Å². The summed E-state index contributed by atoms with van der Waals surface area (Å²) < 4.78 is 0. The largest absolute Gasteiger partial charge is 0.314 e. The van der Waals surface area contributed by atoms with Gasteiger partial charge in [0.25, 0.3) is 0 Å². The average Bonchev–Trinajstić information content (AvgIpc) is 2.75. The van der Waals surface area contributed by atoms with Crippen LogP contribution in [0.25, 0.3) is 0 Å². The first-order valence-corrected chi connectivity index (χ1v) is 6.71. The molecule has 0 aliphatic heterocycles. The van der Waals surface area contributed by atoms with Gasteiger partial charge in [-0.3, -0.25) is 0 Å². The molecule has 15 heavy (non-hydrogen) atoms. The van der Waals surface area contributed by atoms with Crippen LogP contribution in [-0.2, 0) is 0 Å². The molecule has 88 valence electrons. The summed E-state index contributed by atoms with van der Waals surface area (Å²) >= 11 is 0. The molecule has 1 aliphatic rings. The quantitative estimate of drug-likeness (QED) is 0.598. The third-order valence-electron chi connectivity index (χ3n) is 3.61. The lowest BCUT2D eigenvalue weighted by molar-refractivity contribution is 0.396. The zero-order chi connectivity index (χ0) is 10.9. The van der Waals surface area contributed by atoms with Crippen LogP contribution in [-0.4, -0.2) is 12.6 Å². The predicted octanol–water partition coefficient (Wildman–Crippen LogP) is 3.90. The average molecular weight is 209 g/mol. The molecule has 0 saturated heterocycles. The number of hydrogen-bond acceptors (Lipinski definition) is 1. The Balaban J connectivity index is 2.14. The second-order valence-corrected chi connectivity index (χ2v) is 4.85. The van der Waals surface area contributed by atoms with Crippen molar-refractivity contribution in [1.29, 1.82) is 0 Å². The smallest absolute Gasteiger partial charge is 0.00699 e. The Bertz CT molecular complexity index is 159. The normalized spacial score (nSPS) is 19.3. The maximum atomic E-state index is 3.80. The lowest BCUT2D eigenvalue weighted by atomic mass is 9.96. The van der Waals surface area contributed by atoms with E-state index in [9.17, 15) is 0 Å². The molecule has 0 heterocycles. The van der Waals surface area contributed by atoms with Gasteiger partial charge in [-0.1, -0.05) is 38.7 Å². The topological polar surface area (TPSA) is 12.0 Å². The lowest BCUT2D eigenvalue weighted by Crippen LogP contribution is -2.29. The highest BCUT2D eigenvalue weighted by atomic mass is 14.9. The Morgan fingerprint density at radius 1 is 1.33 bits per heavy atom. The van der Waals surface area contributed by atoms with Gasteiger partial charge in [-0.05, 0) is 38.1 Å². The minimum Gasteiger partial charge on any atom is -0.314 e. The summed E-state index contributed by atoms with van der Waals surface area (Å²) in [5, 5.41) is 3.59. The second kappa shape index (κ2) is 7.92. The van der Waals surface area contributed by atoms with Crippen molar-refractivity contribution in [2.45, 2.75) is 64.3 Å². The highest BCUT2D eigenvalue weighted by Gasteiger charge is 2.16. The zero-order valence-corrected chi connectivity index (χ0v) is 10.3. The summed E-state index contributed by atoms with van der Waals surface area (Å²) in [6.45, 7) is 7.11. The van der Waals surface area contributed by atoms with Crippen molar-refractivity contribution in [1.82, 2.24) is 5.32 Å². The van der Waals surface area contributed by atoms with Crippen LogP contribution in [0.1, 0.15) is 58.3 Å². The van der Waals surface area contributed by atoms with E-state index >= 15 is 0 Å². The van der Waals surface area contributed by atoms with E-state index < -0.39 is 0 Å². The van der Waals surface area contributed by atoms with Crippen molar-refractivity contribution >= 4 is 0 Å². The Kier molecular flexibility index (Phi) is 6.74. The monoisotopic (exact) mass is 209 g/mol. The molecule has 1 heteroatoms. The summed E-state index contributed by atoms with van der Waals surface area (Å²) in [5.74, 6) is 1.04. The van der Waals surface area contributed by atoms with Gasteiger partial charge in [-0.2, -0.15) is 0 Å². The summed E-state index contributed by atoms with van der Waals surface area (Å²) in [6.07, 6.45) is 13.2. The molecule has 0 amide bonds. The molecule has 0 bridgehead atoms. The van der Waals surface area contributed by atoms with Crippen molar-refractivity contribution in [3.8, 4) is 0 Å². The van der Waals surface area contributed by atoms with Gasteiger partial charge in [-0.25, -0.2) is 0 Å². The van der Waals surface area contributed by atoms with Crippen LogP contribution in [0.3, 0.4) is 0 Å². The van der Waals surface area contributed by atoms with E-state index in [0.717, 1.165) is 24.9 Å². The molecule has 0 spiro atoms. The predicted molar refractivity (Wildman–Crippen MR) is 68.1 cm³/mol. The molecular weight excluding hydrogens is 182 g/mol. The zero-order valence-electron chi connectivity index (χ0n) is 10.3. The molecule has 1 nitrogen and oxygen atoms in total. The molecule has 0 radical (unpaired) electrons. The van der Waals surface area contributed by atoms with Crippen molar-refractivity contribution in [2.75, 3.05) is 6.54 Å². The van der Waals surface area contributed by atoms with Crippen LogP contribution in [0.4, 0.5) is 0 Å². The Hall–Kier alpha value is -0.300. The number of allylic oxidation sites excluding steroid dienone is 1. The first-order chi connectivity index (χ1) is 7.36. The fourth-order valence-electron chi connectivity index (χ4n) is 2.69. The number of nitrogens with one attached hydrogen (secondary N) is 1. The van der Waals surface area contributed by atoms with Gasteiger partial charge in [-0.15, -0.1) is 6.58 Å². The van der Waals surface area contributed by atoms with Crippen LogP contribution in [0.15, 0.2) is 12.7 Å². The SMILES string of the molecule is C=CCCC(CCC1CCCC1)NCC. The van der Waals surface area contributed by atoms with Crippen LogP contribution in [0.2, 0.25) is 0 Å². The minimum atomic E-state index is 0.730. The molecule has 1 rings (SSSR count). The van der Waals surface area contributed by atoms with Gasteiger partial charge in [0.2, 0.25) is 0 Å². The van der Waals surface area contributed by atoms with Crippen LogP contribution < -0.4 is 5.32 Å². The van der Waals surface area contributed by atoms with E-state index in [4.69, 9.17) is 0 Å². The Morgan fingerprint density at radius 2 is 2.07 bits per heavy atom.